The van der Waals surface area contributed by atoms with Crippen LogP contribution in [0.25, 0.3) is 22.4 Å². The number of halogens is 1. The lowest BCUT2D eigenvalue weighted by atomic mass is 9.98. The quantitative estimate of drug-likeness (QED) is 0.763. The lowest BCUT2D eigenvalue weighted by Crippen LogP contribution is -2.00. The Morgan fingerprint density at radius 1 is 1.08 bits per heavy atom. The average Bonchev–Trinajstić information content (AvgIpc) is 2.61. The second-order valence-corrected chi connectivity index (χ2v) is 5.61. The van der Waals surface area contributed by atoms with Gasteiger partial charge in [-0.2, -0.15) is 5.26 Å². The fourth-order valence-electron chi connectivity index (χ4n) is 2.50. The molecule has 1 aromatic heterocycles. The van der Waals surface area contributed by atoms with Crippen molar-refractivity contribution in [2.75, 3.05) is 12.8 Å². The number of nitriles is 1. The number of nitrogens with two attached hydrogens (primary N) is 1. The first-order valence-corrected chi connectivity index (χ1v) is 7.61. The van der Waals surface area contributed by atoms with Crippen LogP contribution in [0.15, 0.2) is 54.6 Å². The molecule has 0 atom stereocenters. The maximum Gasteiger partial charge on any atom is 0.142 e. The SMILES string of the molecule is COc1cccc(-c2cc(-c3cccc(Cl)c3)c(C#N)c(N)n2)c1. The van der Waals surface area contributed by atoms with Gasteiger partial charge in [-0.1, -0.05) is 35.9 Å². The zero-order valence-electron chi connectivity index (χ0n) is 13.0. The molecule has 5 heteroatoms. The Hall–Kier alpha value is -3.03. The van der Waals surface area contributed by atoms with Gasteiger partial charge in [-0.05, 0) is 35.9 Å². The van der Waals surface area contributed by atoms with Gasteiger partial charge in [0.15, 0.2) is 0 Å². The second-order valence-electron chi connectivity index (χ2n) is 5.17. The zero-order valence-corrected chi connectivity index (χ0v) is 13.7. The number of hydrogen-bond donors (Lipinski definition) is 1. The summed E-state index contributed by atoms with van der Waals surface area (Å²) in [5.41, 5.74) is 9.39. The van der Waals surface area contributed by atoms with Crippen LogP contribution in [0.3, 0.4) is 0 Å². The number of hydrogen-bond acceptors (Lipinski definition) is 4. The van der Waals surface area contributed by atoms with Gasteiger partial charge in [0.2, 0.25) is 0 Å². The molecule has 0 aliphatic carbocycles. The van der Waals surface area contributed by atoms with E-state index in [4.69, 9.17) is 22.1 Å². The van der Waals surface area contributed by atoms with Crippen LogP contribution in [0.1, 0.15) is 5.56 Å². The van der Waals surface area contributed by atoms with Crippen LogP contribution in [0.5, 0.6) is 5.75 Å². The molecule has 0 aliphatic heterocycles. The Morgan fingerprint density at radius 2 is 1.83 bits per heavy atom. The van der Waals surface area contributed by atoms with E-state index in [1.165, 1.54) is 0 Å². The first-order chi connectivity index (χ1) is 11.6. The molecule has 2 N–H and O–H groups in total. The zero-order chi connectivity index (χ0) is 17.1. The number of pyridine rings is 1. The van der Waals surface area contributed by atoms with Crippen molar-refractivity contribution in [1.29, 1.82) is 5.26 Å². The van der Waals surface area contributed by atoms with E-state index in [2.05, 4.69) is 11.1 Å². The average molecular weight is 336 g/mol. The molecule has 0 unspecified atom stereocenters. The Balaban J connectivity index is 2.22. The minimum atomic E-state index is 0.188. The molecule has 2 aromatic carbocycles. The van der Waals surface area contributed by atoms with E-state index in [-0.39, 0.29) is 5.82 Å². The van der Waals surface area contributed by atoms with E-state index in [0.717, 1.165) is 16.9 Å². The molecular weight excluding hydrogens is 322 g/mol. The Labute approximate surface area is 145 Å². The number of aromatic nitrogens is 1. The summed E-state index contributed by atoms with van der Waals surface area (Å²) in [4.78, 5) is 4.36. The summed E-state index contributed by atoms with van der Waals surface area (Å²) in [5, 5.41) is 10.0. The van der Waals surface area contributed by atoms with Gasteiger partial charge in [0, 0.05) is 16.1 Å². The van der Waals surface area contributed by atoms with Crippen LogP contribution in [0, 0.1) is 11.3 Å². The van der Waals surface area contributed by atoms with E-state index in [9.17, 15) is 5.26 Å². The lowest BCUT2D eigenvalue weighted by Gasteiger charge is -2.11. The van der Waals surface area contributed by atoms with Crippen molar-refractivity contribution in [2.45, 2.75) is 0 Å². The van der Waals surface area contributed by atoms with Gasteiger partial charge in [-0.3, -0.25) is 0 Å². The van der Waals surface area contributed by atoms with E-state index in [1.54, 1.807) is 19.2 Å². The number of nitrogen functional groups attached to an aromatic ring is 1. The third kappa shape index (κ3) is 3.03. The Morgan fingerprint density at radius 3 is 2.54 bits per heavy atom. The summed E-state index contributed by atoms with van der Waals surface area (Å²) >= 11 is 6.08. The van der Waals surface area contributed by atoms with Crippen molar-refractivity contribution in [2.24, 2.45) is 0 Å². The van der Waals surface area contributed by atoms with E-state index in [1.807, 2.05) is 42.5 Å². The fraction of sp³-hybridized carbons (Fsp3) is 0.0526. The summed E-state index contributed by atoms with van der Waals surface area (Å²) in [6, 6.07) is 18.8. The van der Waals surface area contributed by atoms with Gasteiger partial charge >= 0.3 is 0 Å². The third-order valence-corrected chi connectivity index (χ3v) is 3.90. The molecule has 3 rings (SSSR count). The number of methoxy groups -OCH3 is 1. The van der Waals surface area contributed by atoms with Crippen molar-refractivity contribution in [3.05, 3.63) is 65.2 Å². The topological polar surface area (TPSA) is 71.9 Å². The van der Waals surface area contributed by atoms with Crippen LogP contribution in [-0.2, 0) is 0 Å². The van der Waals surface area contributed by atoms with Gasteiger partial charge in [0.05, 0.1) is 12.8 Å². The highest BCUT2D eigenvalue weighted by Crippen LogP contribution is 2.33. The summed E-state index contributed by atoms with van der Waals surface area (Å²) in [6.07, 6.45) is 0. The Kier molecular flexibility index (Phi) is 4.37. The highest BCUT2D eigenvalue weighted by molar-refractivity contribution is 6.30. The van der Waals surface area contributed by atoms with E-state index in [0.29, 0.717) is 21.8 Å². The molecule has 3 aromatic rings. The van der Waals surface area contributed by atoms with Gasteiger partial charge in [-0.15, -0.1) is 0 Å². The van der Waals surface area contributed by atoms with Gasteiger partial charge in [0.25, 0.3) is 0 Å². The van der Waals surface area contributed by atoms with Crippen molar-refractivity contribution in [3.63, 3.8) is 0 Å². The number of nitrogens with zero attached hydrogens (tertiary/aromatic N) is 2. The molecule has 0 radical (unpaired) electrons. The monoisotopic (exact) mass is 335 g/mol. The molecule has 0 bridgehead atoms. The molecule has 1 heterocycles. The number of ether oxygens (including phenoxy) is 1. The largest absolute Gasteiger partial charge is 0.497 e. The van der Waals surface area contributed by atoms with Gasteiger partial charge < -0.3 is 10.5 Å². The van der Waals surface area contributed by atoms with Crippen LogP contribution in [-0.4, -0.2) is 12.1 Å². The number of rotatable bonds is 3. The summed E-state index contributed by atoms with van der Waals surface area (Å²) in [5.74, 6) is 0.911. The second kappa shape index (κ2) is 6.61. The molecule has 118 valence electrons. The molecule has 24 heavy (non-hydrogen) atoms. The van der Waals surface area contributed by atoms with Crippen LogP contribution < -0.4 is 10.5 Å². The predicted molar refractivity (Wildman–Crippen MR) is 95.8 cm³/mol. The number of anilines is 1. The molecule has 0 saturated heterocycles. The maximum atomic E-state index is 9.45. The molecule has 4 nitrogen and oxygen atoms in total. The lowest BCUT2D eigenvalue weighted by molar-refractivity contribution is 0.415. The van der Waals surface area contributed by atoms with Crippen LogP contribution in [0.4, 0.5) is 5.82 Å². The third-order valence-electron chi connectivity index (χ3n) is 3.66. The minimum absolute atomic E-state index is 0.188. The highest BCUT2D eigenvalue weighted by atomic mass is 35.5. The molecule has 0 aliphatic rings. The highest BCUT2D eigenvalue weighted by Gasteiger charge is 2.14. The first kappa shape index (κ1) is 15.9. The van der Waals surface area contributed by atoms with Crippen molar-refractivity contribution in [3.8, 4) is 34.2 Å². The standard InChI is InChI=1S/C19H14ClN3O/c1-24-15-7-3-5-13(9-15)18-10-16(17(11-21)19(22)23-18)12-4-2-6-14(20)8-12/h2-10H,1H3,(H2,22,23). The van der Waals surface area contributed by atoms with Crippen molar-refractivity contribution in [1.82, 2.24) is 4.98 Å². The molecule has 0 amide bonds. The fourth-order valence-corrected chi connectivity index (χ4v) is 2.69. The van der Waals surface area contributed by atoms with Crippen LogP contribution >= 0.6 is 11.6 Å². The molecular formula is C19H14ClN3O. The maximum absolute atomic E-state index is 9.45. The van der Waals surface area contributed by atoms with Gasteiger partial charge in [-0.25, -0.2) is 4.98 Å². The summed E-state index contributed by atoms with van der Waals surface area (Å²) < 4.78 is 5.25. The van der Waals surface area contributed by atoms with Crippen LogP contribution in [0.2, 0.25) is 5.02 Å². The van der Waals surface area contributed by atoms with Crippen molar-refractivity contribution < 1.29 is 4.74 Å². The predicted octanol–water partition coefficient (Wildman–Crippen LogP) is 4.53. The molecule has 0 fully saturated rings. The normalized spacial score (nSPS) is 10.2. The van der Waals surface area contributed by atoms with E-state index >= 15 is 0 Å². The van der Waals surface area contributed by atoms with Gasteiger partial charge in [0.1, 0.15) is 23.2 Å². The summed E-state index contributed by atoms with van der Waals surface area (Å²) in [7, 11) is 1.61. The number of benzene rings is 2. The Bertz CT molecular complexity index is 948. The van der Waals surface area contributed by atoms with E-state index < -0.39 is 0 Å². The molecule has 0 saturated carbocycles. The first-order valence-electron chi connectivity index (χ1n) is 7.23. The molecule has 0 spiro atoms. The summed E-state index contributed by atoms with van der Waals surface area (Å²) in [6.45, 7) is 0. The minimum Gasteiger partial charge on any atom is -0.497 e. The van der Waals surface area contributed by atoms with Crippen molar-refractivity contribution >= 4 is 17.4 Å². The smallest absolute Gasteiger partial charge is 0.142 e.